The van der Waals surface area contributed by atoms with Crippen molar-refractivity contribution < 1.29 is 9.15 Å². The fourth-order valence-electron chi connectivity index (χ4n) is 3.01. The van der Waals surface area contributed by atoms with E-state index in [-0.39, 0.29) is 11.2 Å². The van der Waals surface area contributed by atoms with E-state index < -0.39 is 0 Å². The van der Waals surface area contributed by atoms with E-state index in [0.29, 0.717) is 17.0 Å². The Morgan fingerprint density at radius 1 is 1.00 bits per heavy atom. The first kappa shape index (κ1) is 22.5. The van der Waals surface area contributed by atoms with Crippen molar-refractivity contribution in [1.29, 1.82) is 0 Å². The van der Waals surface area contributed by atoms with Crippen molar-refractivity contribution in [3.63, 3.8) is 0 Å². The van der Waals surface area contributed by atoms with Crippen LogP contribution in [0.25, 0.3) is 6.08 Å². The molecule has 0 aliphatic heterocycles. The summed E-state index contributed by atoms with van der Waals surface area (Å²) in [5.74, 6) is 0.757. The Bertz CT molecular complexity index is 765. The maximum Gasteiger partial charge on any atom is 0.228 e. The number of hydrogen-bond donors (Lipinski definition) is 0. The Morgan fingerprint density at radius 2 is 1.68 bits per heavy atom. The van der Waals surface area contributed by atoms with Crippen LogP contribution in [0.1, 0.15) is 76.0 Å². The van der Waals surface area contributed by atoms with Gasteiger partial charge in [-0.05, 0) is 40.4 Å². The number of unbranched alkanes of at least 4 members (excludes halogenated alkanes) is 8. The van der Waals surface area contributed by atoms with E-state index in [1.807, 2.05) is 36.4 Å². The Balaban J connectivity index is 1.74. The van der Waals surface area contributed by atoms with E-state index in [1.54, 1.807) is 0 Å². The van der Waals surface area contributed by atoms with Crippen molar-refractivity contribution in [3.05, 3.63) is 68.7 Å². The summed E-state index contributed by atoms with van der Waals surface area (Å²) in [4.78, 5) is 12.3. The third kappa shape index (κ3) is 8.47. The van der Waals surface area contributed by atoms with Crippen LogP contribution in [0.5, 0.6) is 5.75 Å². The van der Waals surface area contributed by atoms with E-state index in [1.165, 1.54) is 57.4 Å². The van der Waals surface area contributed by atoms with Gasteiger partial charge in [-0.2, -0.15) is 0 Å². The minimum Gasteiger partial charge on any atom is -0.481 e. The van der Waals surface area contributed by atoms with Gasteiger partial charge in [0.05, 0.1) is 0 Å². The second kappa shape index (κ2) is 13.4. The van der Waals surface area contributed by atoms with Gasteiger partial charge in [0.2, 0.25) is 15.8 Å². The molecule has 0 aliphatic carbocycles. The van der Waals surface area contributed by atoms with Gasteiger partial charge in [0.1, 0.15) is 12.4 Å². The lowest BCUT2D eigenvalue weighted by molar-refractivity contribution is 0.286. The summed E-state index contributed by atoms with van der Waals surface area (Å²) in [6.07, 6.45) is 15.4. The molecule has 0 saturated carbocycles. The SMILES string of the molecule is CCCCCCCCCCC=Cc1cc(=O)c(OCc2ccccc2)c(Br)o1. The molecule has 0 spiro atoms. The molecule has 2 rings (SSSR count). The zero-order chi connectivity index (χ0) is 20.0. The minimum absolute atomic E-state index is 0.180. The number of ether oxygens (including phenoxy) is 1. The van der Waals surface area contributed by atoms with Gasteiger partial charge in [-0.15, -0.1) is 0 Å². The molecule has 0 N–H and O–H groups in total. The largest absolute Gasteiger partial charge is 0.481 e. The van der Waals surface area contributed by atoms with Gasteiger partial charge in [0, 0.05) is 6.07 Å². The number of halogens is 1. The predicted octanol–water partition coefficient (Wildman–Crippen LogP) is 7.53. The van der Waals surface area contributed by atoms with Crippen LogP contribution < -0.4 is 10.2 Å². The molecule has 0 amide bonds. The van der Waals surface area contributed by atoms with E-state index >= 15 is 0 Å². The quantitative estimate of drug-likeness (QED) is 0.298. The second-order valence-corrected chi connectivity index (χ2v) is 7.78. The standard InChI is InChI=1S/C24H31BrO3/c1-2-3-4-5-6-7-8-9-10-14-17-21-18-22(26)23(24(25)28-21)27-19-20-15-12-11-13-16-20/h11-18H,2-10,19H2,1H3. The van der Waals surface area contributed by atoms with Gasteiger partial charge in [-0.25, -0.2) is 0 Å². The zero-order valence-corrected chi connectivity index (χ0v) is 18.4. The molecule has 2 aromatic rings. The molecular weight excluding hydrogens is 416 g/mol. The molecule has 0 saturated heterocycles. The molecule has 1 heterocycles. The highest BCUT2D eigenvalue weighted by Crippen LogP contribution is 2.23. The van der Waals surface area contributed by atoms with Crippen molar-refractivity contribution in [2.45, 2.75) is 71.3 Å². The van der Waals surface area contributed by atoms with Crippen LogP contribution in [0.15, 0.2) is 56.4 Å². The highest BCUT2D eigenvalue weighted by atomic mass is 79.9. The zero-order valence-electron chi connectivity index (χ0n) is 16.8. The third-order valence-corrected chi connectivity index (χ3v) is 5.14. The molecule has 0 fully saturated rings. The molecule has 152 valence electrons. The smallest absolute Gasteiger partial charge is 0.228 e. The molecule has 0 bridgehead atoms. The number of hydrogen-bond acceptors (Lipinski definition) is 3. The van der Waals surface area contributed by atoms with Gasteiger partial charge in [-0.3, -0.25) is 4.79 Å². The van der Waals surface area contributed by atoms with Crippen molar-refractivity contribution >= 4 is 22.0 Å². The summed E-state index contributed by atoms with van der Waals surface area (Å²) in [5.41, 5.74) is 0.823. The van der Waals surface area contributed by atoms with Crippen molar-refractivity contribution in [2.24, 2.45) is 0 Å². The molecular formula is C24H31BrO3. The monoisotopic (exact) mass is 446 g/mol. The van der Waals surface area contributed by atoms with Crippen LogP contribution in [-0.2, 0) is 6.61 Å². The van der Waals surface area contributed by atoms with Crippen LogP contribution >= 0.6 is 15.9 Å². The Kier molecular flexibility index (Phi) is 10.7. The summed E-state index contributed by atoms with van der Waals surface area (Å²) in [6, 6.07) is 11.2. The Labute approximate surface area is 176 Å². The summed E-state index contributed by atoms with van der Waals surface area (Å²) < 4.78 is 11.6. The highest BCUT2D eigenvalue weighted by molar-refractivity contribution is 9.10. The molecule has 0 aliphatic rings. The Morgan fingerprint density at radius 3 is 2.36 bits per heavy atom. The predicted molar refractivity (Wildman–Crippen MR) is 120 cm³/mol. The van der Waals surface area contributed by atoms with Gasteiger partial charge in [0.25, 0.3) is 0 Å². The molecule has 28 heavy (non-hydrogen) atoms. The second-order valence-electron chi connectivity index (χ2n) is 7.06. The van der Waals surface area contributed by atoms with E-state index in [0.717, 1.165) is 12.0 Å². The van der Waals surface area contributed by atoms with Gasteiger partial charge in [0.15, 0.2) is 0 Å². The fraction of sp³-hybridized carbons (Fsp3) is 0.458. The molecule has 1 aromatic heterocycles. The molecule has 1 aromatic carbocycles. The first-order chi connectivity index (χ1) is 13.7. The van der Waals surface area contributed by atoms with Gasteiger partial charge in [-0.1, -0.05) is 88.3 Å². The van der Waals surface area contributed by atoms with Crippen LogP contribution in [0.4, 0.5) is 0 Å². The average Bonchev–Trinajstić information content (AvgIpc) is 2.69. The number of allylic oxidation sites excluding steroid dienone is 1. The first-order valence-corrected chi connectivity index (χ1v) is 11.2. The highest BCUT2D eigenvalue weighted by Gasteiger charge is 2.10. The molecule has 4 heteroatoms. The maximum absolute atomic E-state index is 12.3. The van der Waals surface area contributed by atoms with Crippen molar-refractivity contribution in [3.8, 4) is 5.75 Å². The molecule has 0 atom stereocenters. The molecule has 0 unspecified atom stereocenters. The molecule has 0 radical (unpaired) electrons. The normalized spacial score (nSPS) is 11.2. The summed E-state index contributed by atoms with van der Waals surface area (Å²) >= 11 is 3.31. The van der Waals surface area contributed by atoms with Crippen LogP contribution in [0, 0.1) is 0 Å². The van der Waals surface area contributed by atoms with Gasteiger partial charge >= 0.3 is 0 Å². The average molecular weight is 447 g/mol. The lowest BCUT2D eigenvalue weighted by atomic mass is 10.1. The van der Waals surface area contributed by atoms with E-state index in [9.17, 15) is 4.79 Å². The Hall–Kier alpha value is -1.81. The van der Waals surface area contributed by atoms with Crippen molar-refractivity contribution in [2.75, 3.05) is 0 Å². The fourth-order valence-corrected chi connectivity index (χ4v) is 3.50. The summed E-state index contributed by atoms with van der Waals surface area (Å²) in [7, 11) is 0. The number of benzene rings is 1. The number of rotatable bonds is 13. The van der Waals surface area contributed by atoms with E-state index in [4.69, 9.17) is 9.15 Å². The third-order valence-electron chi connectivity index (χ3n) is 4.62. The summed E-state index contributed by atoms with van der Waals surface area (Å²) in [6.45, 7) is 2.58. The van der Waals surface area contributed by atoms with Crippen molar-refractivity contribution in [1.82, 2.24) is 0 Å². The topological polar surface area (TPSA) is 39.4 Å². The van der Waals surface area contributed by atoms with Crippen LogP contribution in [0.3, 0.4) is 0 Å². The van der Waals surface area contributed by atoms with Crippen LogP contribution in [-0.4, -0.2) is 0 Å². The minimum atomic E-state index is -0.180. The lowest BCUT2D eigenvalue weighted by Gasteiger charge is -2.07. The lowest BCUT2D eigenvalue weighted by Crippen LogP contribution is -2.08. The van der Waals surface area contributed by atoms with Crippen LogP contribution in [0.2, 0.25) is 0 Å². The first-order valence-electron chi connectivity index (χ1n) is 10.4. The summed E-state index contributed by atoms with van der Waals surface area (Å²) in [5, 5.41) is 0. The maximum atomic E-state index is 12.3. The molecule has 3 nitrogen and oxygen atoms in total. The van der Waals surface area contributed by atoms with Gasteiger partial charge < -0.3 is 9.15 Å². The van der Waals surface area contributed by atoms with E-state index in [2.05, 4.69) is 28.9 Å².